The number of aromatic nitrogens is 1. The number of aromatic amines is 1. The van der Waals surface area contributed by atoms with E-state index in [1.165, 1.54) is 42.7 Å². The van der Waals surface area contributed by atoms with Gasteiger partial charge in [-0.3, -0.25) is 0 Å². The molecule has 2 aliphatic heterocycles. The largest absolute Gasteiger partial charge is 0.494 e. The number of likely N-dealkylation sites (N-methyl/N-ethyl adjacent to an activating group) is 1. The Morgan fingerprint density at radius 2 is 1.76 bits per heavy atom. The van der Waals surface area contributed by atoms with Crippen LogP contribution in [0.2, 0.25) is 0 Å². The Balaban J connectivity index is 1.04. The van der Waals surface area contributed by atoms with E-state index < -0.39 is 0 Å². The van der Waals surface area contributed by atoms with E-state index in [2.05, 4.69) is 56.6 Å². The van der Waals surface area contributed by atoms with Crippen LogP contribution in [0.3, 0.4) is 0 Å². The van der Waals surface area contributed by atoms with Crippen LogP contribution in [0.1, 0.15) is 30.7 Å². The minimum atomic E-state index is -0.163. The number of hydrogen-bond donors (Lipinski definition) is 1. The molecule has 2 saturated heterocycles. The van der Waals surface area contributed by atoms with Crippen molar-refractivity contribution >= 4 is 22.9 Å². The maximum absolute atomic E-state index is 13.7. The maximum atomic E-state index is 13.7. The van der Waals surface area contributed by atoms with E-state index >= 15 is 0 Å². The highest BCUT2D eigenvalue weighted by atomic mass is 32.2. The van der Waals surface area contributed by atoms with E-state index in [0.717, 1.165) is 62.2 Å². The van der Waals surface area contributed by atoms with Crippen molar-refractivity contribution in [1.29, 1.82) is 0 Å². The molecule has 1 aromatic heterocycles. The highest BCUT2D eigenvalue weighted by molar-refractivity contribution is 7.97. The Labute approximate surface area is 206 Å². The van der Waals surface area contributed by atoms with Gasteiger partial charge in [-0.15, -0.1) is 0 Å². The van der Waals surface area contributed by atoms with Gasteiger partial charge in [0.2, 0.25) is 0 Å². The highest BCUT2D eigenvalue weighted by Gasteiger charge is 2.23. The van der Waals surface area contributed by atoms with Gasteiger partial charge in [0.05, 0.1) is 6.61 Å². The number of benzene rings is 2. The molecule has 34 heavy (non-hydrogen) atoms. The van der Waals surface area contributed by atoms with Gasteiger partial charge in [-0.05, 0) is 92.2 Å². The first-order chi connectivity index (χ1) is 16.6. The van der Waals surface area contributed by atoms with Gasteiger partial charge in [0, 0.05) is 67.8 Å². The molecule has 0 aliphatic carbocycles. The van der Waals surface area contributed by atoms with Crippen LogP contribution in [-0.4, -0.2) is 78.6 Å². The molecule has 0 saturated carbocycles. The molecule has 2 aromatic carbocycles. The molecule has 2 fully saturated rings. The number of H-pyrrole nitrogens is 1. The van der Waals surface area contributed by atoms with Gasteiger partial charge in [0.25, 0.3) is 0 Å². The average molecular weight is 483 g/mol. The lowest BCUT2D eigenvalue weighted by atomic mass is 9.90. The summed E-state index contributed by atoms with van der Waals surface area (Å²) in [6, 6.07) is 13.5. The SMILES string of the molecule is CN1CCN(CCCOc2ccc(SN3CCC(c4c[nH]c5ccc(F)cc45)CC3)cc2)CC1. The van der Waals surface area contributed by atoms with E-state index in [1.54, 1.807) is 6.07 Å². The van der Waals surface area contributed by atoms with Crippen LogP contribution < -0.4 is 4.74 Å². The quantitative estimate of drug-likeness (QED) is 0.352. The van der Waals surface area contributed by atoms with E-state index in [4.69, 9.17) is 4.74 Å². The van der Waals surface area contributed by atoms with Gasteiger partial charge in [-0.1, -0.05) is 0 Å². The topological polar surface area (TPSA) is 34.7 Å². The summed E-state index contributed by atoms with van der Waals surface area (Å²) in [5, 5.41) is 1.03. The van der Waals surface area contributed by atoms with Crippen molar-refractivity contribution in [3.05, 3.63) is 60.0 Å². The van der Waals surface area contributed by atoms with Gasteiger partial charge < -0.3 is 19.5 Å². The molecule has 2 aliphatic rings. The fourth-order valence-corrected chi connectivity index (χ4v) is 5.96. The summed E-state index contributed by atoms with van der Waals surface area (Å²) in [6.45, 7) is 8.61. The first-order valence-corrected chi connectivity index (χ1v) is 13.2. The number of nitrogens with zero attached hydrogens (tertiary/aromatic N) is 3. The van der Waals surface area contributed by atoms with Gasteiger partial charge in [-0.25, -0.2) is 8.70 Å². The molecule has 182 valence electrons. The number of piperazine rings is 1. The fraction of sp³-hybridized carbons (Fsp3) is 0.481. The number of piperidine rings is 1. The zero-order valence-electron chi connectivity index (χ0n) is 20.0. The first kappa shape index (κ1) is 23.7. The monoisotopic (exact) mass is 482 g/mol. The minimum absolute atomic E-state index is 0.163. The van der Waals surface area contributed by atoms with Gasteiger partial charge in [-0.2, -0.15) is 0 Å². The van der Waals surface area contributed by atoms with Crippen LogP contribution in [0.25, 0.3) is 10.9 Å². The van der Waals surface area contributed by atoms with E-state index in [0.29, 0.717) is 5.92 Å². The second-order valence-electron chi connectivity index (χ2n) is 9.55. The smallest absolute Gasteiger partial charge is 0.123 e. The third-order valence-electron chi connectivity index (χ3n) is 7.11. The summed E-state index contributed by atoms with van der Waals surface area (Å²) < 4.78 is 22.1. The van der Waals surface area contributed by atoms with Crippen LogP contribution in [0, 0.1) is 5.82 Å². The minimum Gasteiger partial charge on any atom is -0.494 e. The van der Waals surface area contributed by atoms with E-state index in [-0.39, 0.29) is 5.82 Å². The molecule has 0 spiro atoms. The number of halogens is 1. The zero-order chi connectivity index (χ0) is 23.3. The van der Waals surface area contributed by atoms with Gasteiger partial charge in [0.1, 0.15) is 11.6 Å². The van der Waals surface area contributed by atoms with Crippen molar-refractivity contribution in [3.63, 3.8) is 0 Å². The van der Waals surface area contributed by atoms with Crippen LogP contribution in [0.15, 0.2) is 53.6 Å². The number of fused-ring (bicyclic) bond motifs is 1. The summed E-state index contributed by atoms with van der Waals surface area (Å²) in [6.07, 6.45) is 5.32. The number of rotatable bonds is 8. The lowest BCUT2D eigenvalue weighted by molar-refractivity contribution is 0.145. The standard InChI is InChI=1S/C27H35FN4OS/c1-30-14-16-31(17-15-30)11-2-18-33-23-4-6-24(7-5-23)34-32-12-9-21(10-13-32)26-20-29-27-8-3-22(28)19-25(26)27/h3-8,19-21,29H,2,9-18H2,1H3. The molecule has 3 heterocycles. The predicted octanol–water partition coefficient (Wildman–Crippen LogP) is 5.21. The summed E-state index contributed by atoms with van der Waals surface area (Å²) in [5.41, 5.74) is 2.28. The summed E-state index contributed by atoms with van der Waals surface area (Å²) in [5.74, 6) is 1.27. The van der Waals surface area contributed by atoms with Crippen LogP contribution in [0.5, 0.6) is 5.75 Å². The Bertz CT molecular complexity index is 1060. The van der Waals surface area contributed by atoms with Gasteiger partial charge in [0.15, 0.2) is 0 Å². The molecular weight excluding hydrogens is 447 g/mol. The van der Waals surface area contributed by atoms with Crippen molar-refractivity contribution in [2.45, 2.75) is 30.1 Å². The second kappa shape index (κ2) is 11.1. The second-order valence-corrected chi connectivity index (χ2v) is 10.7. The van der Waals surface area contributed by atoms with Crippen LogP contribution >= 0.6 is 11.9 Å². The molecule has 0 atom stereocenters. The van der Waals surface area contributed by atoms with Crippen molar-refractivity contribution < 1.29 is 9.13 Å². The molecule has 5 rings (SSSR count). The lowest BCUT2D eigenvalue weighted by Crippen LogP contribution is -2.44. The summed E-state index contributed by atoms with van der Waals surface area (Å²) in [7, 11) is 2.19. The summed E-state index contributed by atoms with van der Waals surface area (Å²) in [4.78, 5) is 9.47. The summed E-state index contributed by atoms with van der Waals surface area (Å²) >= 11 is 1.83. The molecule has 7 heteroatoms. The van der Waals surface area contributed by atoms with Crippen LogP contribution in [-0.2, 0) is 0 Å². The molecule has 3 aromatic rings. The molecular formula is C27H35FN4OS. The Kier molecular flexibility index (Phi) is 7.74. The zero-order valence-corrected chi connectivity index (χ0v) is 20.8. The number of hydrogen-bond acceptors (Lipinski definition) is 5. The molecule has 0 radical (unpaired) electrons. The highest BCUT2D eigenvalue weighted by Crippen LogP contribution is 2.36. The van der Waals surface area contributed by atoms with Crippen molar-refractivity contribution in [2.24, 2.45) is 0 Å². The average Bonchev–Trinajstić information content (AvgIpc) is 3.27. The first-order valence-electron chi connectivity index (χ1n) is 12.5. The molecule has 0 amide bonds. The number of nitrogens with one attached hydrogen (secondary N) is 1. The van der Waals surface area contributed by atoms with E-state index in [9.17, 15) is 4.39 Å². The fourth-order valence-electron chi connectivity index (χ4n) is 5.01. The van der Waals surface area contributed by atoms with E-state index in [1.807, 2.05) is 18.0 Å². The molecule has 5 nitrogen and oxygen atoms in total. The molecule has 0 bridgehead atoms. The Hall–Kier alpha value is -2.06. The third kappa shape index (κ3) is 5.95. The van der Waals surface area contributed by atoms with Crippen molar-refractivity contribution in [1.82, 2.24) is 19.1 Å². The third-order valence-corrected chi connectivity index (χ3v) is 8.22. The Morgan fingerprint density at radius 3 is 2.53 bits per heavy atom. The number of ether oxygens (including phenoxy) is 1. The molecule has 0 unspecified atom stereocenters. The maximum Gasteiger partial charge on any atom is 0.123 e. The van der Waals surface area contributed by atoms with Crippen molar-refractivity contribution in [3.8, 4) is 5.75 Å². The Morgan fingerprint density at radius 1 is 1.00 bits per heavy atom. The lowest BCUT2D eigenvalue weighted by Gasteiger charge is -2.32. The molecule has 1 N–H and O–H groups in total. The van der Waals surface area contributed by atoms with Crippen LogP contribution in [0.4, 0.5) is 4.39 Å². The normalized spacial score (nSPS) is 19.1. The predicted molar refractivity (Wildman–Crippen MR) is 138 cm³/mol. The van der Waals surface area contributed by atoms with Crippen molar-refractivity contribution in [2.75, 3.05) is 59.5 Å². The van der Waals surface area contributed by atoms with Gasteiger partial charge >= 0.3 is 0 Å².